The molecule has 0 saturated carbocycles. The van der Waals surface area contributed by atoms with E-state index in [4.69, 9.17) is 11.6 Å². The van der Waals surface area contributed by atoms with Crippen molar-refractivity contribution < 1.29 is 18.4 Å². The second-order valence-electron chi connectivity index (χ2n) is 12.2. The number of hydrogen-bond acceptors (Lipinski definition) is 3. The van der Waals surface area contributed by atoms with Crippen molar-refractivity contribution in [3.8, 4) is 0 Å². The van der Waals surface area contributed by atoms with Crippen molar-refractivity contribution in [1.29, 1.82) is 0 Å². The van der Waals surface area contributed by atoms with E-state index in [9.17, 15) is 18.4 Å². The Kier molecular flexibility index (Phi) is 8.33. The van der Waals surface area contributed by atoms with Gasteiger partial charge < -0.3 is 15.1 Å². The molecule has 0 aromatic heterocycles. The molecule has 1 atom stereocenters. The minimum Gasteiger partial charge on any atom is -0.345 e. The lowest BCUT2D eigenvalue weighted by molar-refractivity contribution is 0.0719. The van der Waals surface area contributed by atoms with Crippen LogP contribution in [0.2, 0.25) is 5.02 Å². The fourth-order valence-corrected chi connectivity index (χ4v) is 7.11. The monoisotopic (exact) mass is 591 g/mol. The van der Waals surface area contributed by atoms with E-state index in [2.05, 4.69) is 10.2 Å². The highest BCUT2D eigenvalue weighted by Crippen LogP contribution is 2.41. The van der Waals surface area contributed by atoms with Gasteiger partial charge in [0.25, 0.3) is 11.8 Å². The molecule has 0 radical (unpaired) electrons. The van der Waals surface area contributed by atoms with Crippen LogP contribution in [0.5, 0.6) is 0 Å². The van der Waals surface area contributed by atoms with Crippen LogP contribution in [0.1, 0.15) is 75.6 Å². The average Bonchev–Trinajstić information content (AvgIpc) is 3.59. The van der Waals surface area contributed by atoms with Gasteiger partial charge in [-0.3, -0.25) is 9.59 Å². The number of benzene rings is 3. The van der Waals surface area contributed by atoms with Gasteiger partial charge in [0.15, 0.2) is 0 Å². The molecule has 1 N–H and O–H groups in total. The maximum Gasteiger partial charge on any atom is 0.254 e. The topological polar surface area (TPSA) is 52.7 Å². The van der Waals surface area contributed by atoms with Crippen LogP contribution in [-0.2, 0) is 12.8 Å². The maximum atomic E-state index is 14.3. The molecule has 6 rings (SSSR count). The highest BCUT2D eigenvalue weighted by Gasteiger charge is 2.42. The fraction of sp³-hybridized carbons (Fsp3) is 0.412. The molecular weight excluding hydrogens is 556 g/mol. The van der Waals surface area contributed by atoms with Crippen molar-refractivity contribution in [1.82, 2.24) is 15.1 Å². The van der Waals surface area contributed by atoms with E-state index < -0.39 is 11.7 Å². The van der Waals surface area contributed by atoms with Crippen LogP contribution in [0, 0.1) is 17.0 Å². The molecule has 5 nitrogen and oxygen atoms in total. The van der Waals surface area contributed by atoms with Gasteiger partial charge in [0.05, 0.1) is 11.6 Å². The first-order valence-corrected chi connectivity index (χ1v) is 15.3. The molecule has 220 valence electrons. The Balaban J connectivity index is 1.03. The second kappa shape index (κ2) is 12.1. The Morgan fingerprint density at radius 2 is 1.79 bits per heavy atom. The minimum absolute atomic E-state index is 0.0325. The van der Waals surface area contributed by atoms with E-state index in [-0.39, 0.29) is 28.7 Å². The predicted molar refractivity (Wildman–Crippen MR) is 160 cm³/mol. The van der Waals surface area contributed by atoms with Gasteiger partial charge in [0.1, 0.15) is 11.6 Å². The van der Waals surface area contributed by atoms with Crippen LogP contribution in [-0.4, -0.2) is 54.3 Å². The van der Waals surface area contributed by atoms with Crippen molar-refractivity contribution >= 4 is 23.4 Å². The van der Waals surface area contributed by atoms with Gasteiger partial charge in [0.2, 0.25) is 0 Å². The highest BCUT2D eigenvalue weighted by molar-refractivity contribution is 6.31. The number of hydrogen-bond donors (Lipinski definition) is 1. The van der Waals surface area contributed by atoms with Gasteiger partial charge in [-0.05, 0) is 129 Å². The molecule has 2 heterocycles. The number of nitrogens with one attached hydrogen (secondary N) is 1. The number of rotatable bonds is 7. The molecule has 1 spiro atoms. The van der Waals surface area contributed by atoms with E-state index in [1.807, 2.05) is 29.2 Å². The summed E-state index contributed by atoms with van der Waals surface area (Å²) < 4.78 is 27.7. The maximum absolute atomic E-state index is 14.3. The standard InChI is InChI=1S/C34H36ClF2N3O2/c35-26-9-10-30(37)29(21-26)32(41)38-31-11-8-24-6-7-25(20-28(24)31)33(42)40-18-14-34(22-40)12-16-39(17-13-34)15-2-4-23-3-1-5-27(36)19-23/h1,3,5-7,9-10,19-21,31H,2,4,8,11-18,22H2,(H,38,41). The Labute approximate surface area is 250 Å². The molecule has 2 aliphatic heterocycles. The van der Waals surface area contributed by atoms with Crippen molar-refractivity contribution in [2.24, 2.45) is 5.41 Å². The molecule has 0 bridgehead atoms. The zero-order valence-electron chi connectivity index (χ0n) is 23.7. The molecule has 2 amide bonds. The molecule has 2 saturated heterocycles. The molecule has 2 fully saturated rings. The summed E-state index contributed by atoms with van der Waals surface area (Å²) in [5, 5.41) is 3.25. The summed E-state index contributed by atoms with van der Waals surface area (Å²) in [7, 11) is 0. The summed E-state index contributed by atoms with van der Waals surface area (Å²) >= 11 is 5.98. The van der Waals surface area contributed by atoms with Crippen LogP contribution in [0.25, 0.3) is 0 Å². The molecule has 3 aromatic carbocycles. The van der Waals surface area contributed by atoms with Crippen molar-refractivity contribution in [3.63, 3.8) is 0 Å². The molecule has 1 aliphatic carbocycles. The highest BCUT2D eigenvalue weighted by atomic mass is 35.5. The van der Waals surface area contributed by atoms with Gasteiger partial charge in [-0.25, -0.2) is 8.78 Å². The number of piperidine rings is 1. The van der Waals surface area contributed by atoms with Crippen molar-refractivity contribution in [2.45, 2.75) is 51.0 Å². The van der Waals surface area contributed by atoms with E-state index >= 15 is 0 Å². The minimum atomic E-state index is -0.614. The van der Waals surface area contributed by atoms with Gasteiger partial charge in [-0.15, -0.1) is 0 Å². The van der Waals surface area contributed by atoms with Gasteiger partial charge >= 0.3 is 0 Å². The van der Waals surface area contributed by atoms with Gasteiger partial charge in [-0.1, -0.05) is 29.8 Å². The number of fused-ring (bicyclic) bond motifs is 1. The van der Waals surface area contributed by atoms with E-state index in [0.717, 1.165) is 87.9 Å². The molecule has 42 heavy (non-hydrogen) atoms. The SMILES string of the molecule is O=C(NC1CCc2ccc(C(=O)N3CCC4(CCN(CCCc5cccc(F)c5)CC4)C3)cc21)c1cc(Cl)ccc1F. The first-order chi connectivity index (χ1) is 20.3. The number of carbonyl (C=O) groups is 2. The smallest absolute Gasteiger partial charge is 0.254 e. The normalized spacial score (nSPS) is 19.7. The zero-order valence-corrected chi connectivity index (χ0v) is 24.4. The molecule has 3 aliphatic rings. The summed E-state index contributed by atoms with van der Waals surface area (Å²) in [4.78, 5) is 30.9. The Morgan fingerprint density at radius 1 is 0.976 bits per heavy atom. The molecule has 3 aromatic rings. The van der Waals surface area contributed by atoms with E-state index in [1.54, 1.807) is 12.1 Å². The number of nitrogens with zero attached hydrogens (tertiary/aromatic N) is 2. The first-order valence-electron chi connectivity index (χ1n) is 14.9. The lowest BCUT2D eigenvalue weighted by Gasteiger charge is -2.39. The Hall–Kier alpha value is -3.29. The average molecular weight is 592 g/mol. The summed E-state index contributed by atoms with van der Waals surface area (Å²) in [6, 6.07) is 16.3. The van der Waals surface area contributed by atoms with Crippen LogP contribution in [0.4, 0.5) is 8.78 Å². The van der Waals surface area contributed by atoms with E-state index in [1.165, 1.54) is 24.3 Å². The van der Waals surface area contributed by atoms with Crippen molar-refractivity contribution in [2.75, 3.05) is 32.7 Å². The molecule has 1 unspecified atom stereocenters. The van der Waals surface area contributed by atoms with Gasteiger partial charge in [-0.2, -0.15) is 0 Å². The number of carbonyl (C=O) groups excluding carboxylic acids is 2. The number of aryl methyl sites for hydroxylation is 2. The predicted octanol–water partition coefficient (Wildman–Crippen LogP) is 6.60. The second-order valence-corrected chi connectivity index (χ2v) is 12.6. The van der Waals surface area contributed by atoms with Crippen LogP contribution >= 0.6 is 11.6 Å². The Morgan fingerprint density at radius 3 is 2.60 bits per heavy atom. The van der Waals surface area contributed by atoms with Crippen molar-refractivity contribution in [3.05, 3.63) is 105 Å². The number of halogens is 3. The third kappa shape index (κ3) is 6.23. The van der Waals surface area contributed by atoms with Crippen LogP contribution < -0.4 is 5.32 Å². The molecular formula is C34H36ClF2N3O2. The third-order valence-electron chi connectivity index (χ3n) is 9.42. The fourth-order valence-electron chi connectivity index (χ4n) is 6.94. The molecule has 8 heteroatoms. The zero-order chi connectivity index (χ0) is 29.3. The quantitative estimate of drug-likeness (QED) is 0.337. The number of amides is 2. The summed E-state index contributed by atoms with van der Waals surface area (Å²) in [5.74, 6) is -1.27. The van der Waals surface area contributed by atoms with E-state index in [0.29, 0.717) is 17.0 Å². The lowest BCUT2D eigenvalue weighted by atomic mass is 9.77. The summed E-state index contributed by atoms with van der Waals surface area (Å²) in [5.41, 5.74) is 3.80. The van der Waals surface area contributed by atoms with Gasteiger partial charge in [0, 0.05) is 23.7 Å². The summed E-state index contributed by atoms with van der Waals surface area (Å²) in [6.07, 6.45) is 6.55. The first kappa shape index (κ1) is 28.8. The largest absolute Gasteiger partial charge is 0.345 e. The Bertz CT molecular complexity index is 1490. The van der Waals surface area contributed by atoms with Crippen LogP contribution in [0.3, 0.4) is 0 Å². The number of likely N-dealkylation sites (tertiary alicyclic amines) is 2. The lowest BCUT2D eigenvalue weighted by Crippen LogP contribution is -2.42. The summed E-state index contributed by atoms with van der Waals surface area (Å²) in [6.45, 7) is 4.58. The van der Waals surface area contributed by atoms with Crippen LogP contribution in [0.15, 0.2) is 60.7 Å². The third-order valence-corrected chi connectivity index (χ3v) is 9.66.